The van der Waals surface area contributed by atoms with E-state index in [2.05, 4.69) is 31.0 Å². The van der Waals surface area contributed by atoms with Gasteiger partial charge in [-0.3, -0.25) is 10.1 Å². The third-order valence-corrected chi connectivity index (χ3v) is 5.76. The summed E-state index contributed by atoms with van der Waals surface area (Å²) in [6.45, 7) is 7.75. The number of nitrogens with zero attached hydrogens (tertiary/aromatic N) is 1. The molecular formula is C17H30N2O. The van der Waals surface area contributed by atoms with E-state index in [4.69, 9.17) is 0 Å². The van der Waals surface area contributed by atoms with Gasteiger partial charge in [-0.2, -0.15) is 0 Å². The molecule has 114 valence electrons. The first kappa shape index (κ1) is 14.4. The Morgan fingerprint density at radius 3 is 2.40 bits per heavy atom. The van der Waals surface area contributed by atoms with Gasteiger partial charge >= 0.3 is 0 Å². The fraction of sp³-hybridized carbons (Fsp3) is 0.941. The van der Waals surface area contributed by atoms with Gasteiger partial charge in [-0.1, -0.05) is 40.0 Å². The van der Waals surface area contributed by atoms with Gasteiger partial charge in [-0.25, -0.2) is 0 Å². The summed E-state index contributed by atoms with van der Waals surface area (Å²) >= 11 is 0. The maximum Gasteiger partial charge on any atom is 0.244 e. The van der Waals surface area contributed by atoms with Crippen LogP contribution in [-0.2, 0) is 4.79 Å². The third-order valence-electron chi connectivity index (χ3n) is 5.76. The molecule has 1 amide bonds. The minimum atomic E-state index is -0.197. The maximum atomic E-state index is 13.0. The summed E-state index contributed by atoms with van der Waals surface area (Å²) in [5, 5.41) is 3.73. The number of rotatable bonds is 5. The molecule has 2 saturated carbocycles. The highest BCUT2D eigenvalue weighted by atomic mass is 16.2. The first-order valence-corrected chi connectivity index (χ1v) is 8.61. The zero-order chi connectivity index (χ0) is 14.4. The topological polar surface area (TPSA) is 32.3 Å². The van der Waals surface area contributed by atoms with E-state index in [-0.39, 0.29) is 11.7 Å². The normalized spacial score (nSPS) is 30.7. The van der Waals surface area contributed by atoms with E-state index in [1.165, 1.54) is 38.5 Å². The quantitative estimate of drug-likeness (QED) is 0.837. The van der Waals surface area contributed by atoms with E-state index in [0.29, 0.717) is 17.2 Å². The highest BCUT2D eigenvalue weighted by Crippen LogP contribution is 2.51. The number of carbonyl (C=O) groups is 1. The summed E-state index contributed by atoms with van der Waals surface area (Å²) in [7, 11) is 0. The molecule has 3 fully saturated rings. The lowest BCUT2D eigenvalue weighted by Gasteiger charge is -2.31. The minimum Gasteiger partial charge on any atom is -0.325 e. The minimum absolute atomic E-state index is 0.197. The van der Waals surface area contributed by atoms with Gasteiger partial charge in [0.1, 0.15) is 0 Å². The van der Waals surface area contributed by atoms with E-state index in [1.807, 2.05) is 0 Å². The smallest absolute Gasteiger partial charge is 0.244 e. The van der Waals surface area contributed by atoms with Gasteiger partial charge in [0.05, 0.1) is 11.7 Å². The molecule has 3 heteroatoms. The van der Waals surface area contributed by atoms with Crippen LogP contribution in [0.25, 0.3) is 0 Å². The maximum absolute atomic E-state index is 13.0. The van der Waals surface area contributed by atoms with Crippen molar-refractivity contribution in [3.8, 4) is 0 Å². The van der Waals surface area contributed by atoms with Gasteiger partial charge in [0.2, 0.25) is 5.91 Å². The number of carbonyl (C=O) groups excluding carboxylic acids is 1. The molecule has 0 bridgehead atoms. The zero-order valence-electron chi connectivity index (χ0n) is 13.4. The van der Waals surface area contributed by atoms with Crippen LogP contribution in [0.4, 0.5) is 0 Å². The van der Waals surface area contributed by atoms with Crippen LogP contribution in [0.1, 0.15) is 72.1 Å². The number of hydrogen-bond acceptors (Lipinski definition) is 2. The summed E-state index contributed by atoms with van der Waals surface area (Å²) in [4.78, 5) is 15.2. The molecule has 3 nitrogen and oxygen atoms in total. The van der Waals surface area contributed by atoms with Gasteiger partial charge < -0.3 is 4.90 Å². The van der Waals surface area contributed by atoms with E-state index in [1.54, 1.807) is 0 Å². The number of nitrogens with one attached hydrogen (secondary N) is 1. The van der Waals surface area contributed by atoms with Crippen molar-refractivity contribution in [2.75, 3.05) is 6.54 Å². The Morgan fingerprint density at radius 1 is 1.25 bits per heavy atom. The molecular weight excluding hydrogens is 248 g/mol. The molecule has 0 aromatic rings. The van der Waals surface area contributed by atoms with Crippen molar-refractivity contribution in [3.05, 3.63) is 0 Å². The molecule has 1 unspecified atom stereocenters. The van der Waals surface area contributed by atoms with Gasteiger partial charge in [0.15, 0.2) is 0 Å². The molecule has 20 heavy (non-hydrogen) atoms. The average molecular weight is 278 g/mol. The van der Waals surface area contributed by atoms with Gasteiger partial charge in [0, 0.05) is 6.54 Å². The molecule has 2 aliphatic carbocycles. The lowest BCUT2D eigenvalue weighted by Crippen LogP contribution is -2.45. The van der Waals surface area contributed by atoms with Crippen molar-refractivity contribution >= 4 is 5.91 Å². The predicted molar refractivity (Wildman–Crippen MR) is 81.2 cm³/mol. The first-order valence-electron chi connectivity index (χ1n) is 8.61. The van der Waals surface area contributed by atoms with E-state index in [0.717, 1.165) is 19.4 Å². The second kappa shape index (κ2) is 5.01. The zero-order valence-corrected chi connectivity index (χ0v) is 13.4. The van der Waals surface area contributed by atoms with Gasteiger partial charge in [0.25, 0.3) is 0 Å². The molecule has 0 aromatic heterocycles. The monoisotopic (exact) mass is 278 g/mol. The summed E-state index contributed by atoms with van der Waals surface area (Å²) in [5.74, 6) is 0.910. The molecule has 1 saturated heterocycles. The second-order valence-electron chi connectivity index (χ2n) is 7.81. The Bertz CT molecular complexity index is 380. The van der Waals surface area contributed by atoms with Gasteiger partial charge in [-0.15, -0.1) is 0 Å². The van der Waals surface area contributed by atoms with Crippen LogP contribution in [0, 0.1) is 11.3 Å². The van der Waals surface area contributed by atoms with Crippen molar-refractivity contribution in [1.82, 2.24) is 10.2 Å². The van der Waals surface area contributed by atoms with Gasteiger partial charge in [-0.05, 0) is 43.4 Å². The molecule has 1 aliphatic heterocycles. The molecule has 1 atom stereocenters. The molecule has 1 N–H and O–H groups in total. The van der Waals surface area contributed by atoms with E-state index in [9.17, 15) is 4.79 Å². The van der Waals surface area contributed by atoms with Crippen LogP contribution in [0.2, 0.25) is 0 Å². The largest absolute Gasteiger partial charge is 0.325 e. The van der Waals surface area contributed by atoms with Crippen LogP contribution < -0.4 is 5.32 Å². The first-order chi connectivity index (χ1) is 9.52. The Hall–Kier alpha value is -0.570. The highest BCUT2D eigenvalue weighted by molar-refractivity contribution is 5.89. The van der Waals surface area contributed by atoms with E-state index < -0.39 is 0 Å². The Labute approximate surface area is 123 Å². The van der Waals surface area contributed by atoms with E-state index >= 15 is 0 Å². The standard InChI is InChI=1S/C17H30N2O/c1-4-7-16(10-11-16)12-19-14(13(2)3)18-17(15(19)20)8-5-6-9-17/h13-14,18H,4-12H2,1-3H3. The Morgan fingerprint density at radius 2 is 1.90 bits per heavy atom. The summed E-state index contributed by atoms with van der Waals surface area (Å²) in [6.07, 6.45) is 9.94. The SMILES string of the molecule is CCCC1(CN2C(=O)C3(CCCC3)NC2C(C)C)CC1. The number of hydrogen-bond donors (Lipinski definition) is 1. The molecule has 3 rings (SSSR count). The van der Waals surface area contributed by atoms with Crippen LogP contribution in [0.3, 0.4) is 0 Å². The predicted octanol–water partition coefficient (Wildman–Crippen LogP) is 3.29. The molecule has 0 aromatic carbocycles. The lowest BCUT2D eigenvalue weighted by molar-refractivity contribution is -0.134. The highest BCUT2D eigenvalue weighted by Gasteiger charge is 2.55. The molecule has 1 spiro atoms. The summed E-state index contributed by atoms with van der Waals surface area (Å²) in [5.41, 5.74) is 0.264. The van der Waals surface area contributed by atoms with Crippen molar-refractivity contribution in [3.63, 3.8) is 0 Å². The van der Waals surface area contributed by atoms with Crippen LogP contribution in [0.15, 0.2) is 0 Å². The Kier molecular flexibility index (Phi) is 3.60. The molecule has 1 heterocycles. The average Bonchev–Trinajstić information content (AvgIpc) is 2.90. The van der Waals surface area contributed by atoms with Crippen LogP contribution >= 0.6 is 0 Å². The van der Waals surface area contributed by atoms with Crippen molar-refractivity contribution in [2.45, 2.75) is 83.8 Å². The van der Waals surface area contributed by atoms with Crippen molar-refractivity contribution < 1.29 is 4.79 Å². The van der Waals surface area contributed by atoms with Crippen molar-refractivity contribution in [1.29, 1.82) is 0 Å². The van der Waals surface area contributed by atoms with Crippen molar-refractivity contribution in [2.24, 2.45) is 11.3 Å². The summed E-state index contributed by atoms with van der Waals surface area (Å²) in [6, 6.07) is 0. The van der Waals surface area contributed by atoms with Crippen LogP contribution in [-0.4, -0.2) is 29.1 Å². The third kappa shape index (κ3) is 2.28. The second-order valence-corrected chi connectivity index (χ2v) is 7.81. The molecule has 3 aliphatic rings. The Balaban J connectivity index is 1.78. The fourth-order valence-electron chi connectivity index (χ4n) is 4.41. The number of amides is 1. The summed E-state index contributed by atoms with van der Waals surface area (Å²) < 4.78 is 0. The lowest BCUT2D eigenvalue weighted by atomic mass is 9.96. The molecule has 0 radical (unpaired) electrons. The fourth-order valence-corrected chi connectivity index (χ4v) is 4.41. The van der Waals surface area contributed by atoms with Crippen LogP contribution in [0.5, 0.6) is 0 Å².